The maximum atomic E-state index is 12.4. The molecule has 34 heavy (non-hydrogen) atoms. The Hall–Kier alpha value is -0.610. The Balaban J connectivity index is 0.00000229. The molecule has 1 amide bonds. The fraction of sp³-hybridized carbons (Fsp3) is 0.967. The van der Waals surface area contributed by atoms with E-state index in [4.69, 9.17) is 4.74 Å². The van der Waals surface area contributed by atoms with Crippen molar-refractivity contribution in [2.75, 3.05) is 13.1 Å². The Morgan fingerprint density at radius 2 is 1.79 bits per heavy atom. The van der Waals surface area contributed by atoms with Gasteiger partial charge in [0.05, 0.1) is 18.3 Å². The summed E-state index contributed by atoms with van der Waals surface area (Å²) in [4.78, 5) is 14.5. The van der Waals surface area contributed by atoms with Crippen molar-refractivity contribution in [2.24, 2.45) is 45.3 Å². The minimum Gasteiger partial charge on any atom is -0.393 e. The molecular weight excluding hydrogens is 422 g/mol. The fourth-order valence-electron chi connectivity index (χ4n) is 11.7. The van der Waals surface area contributed by atoms with Crippen molar-refractivity contribution in [3.8, 4) is 0 Å². The summed E-state index contributed by atoms with van der Waals surface area (Å²) in [6.45, 7) is 9.15. The van der Waals surface area contributed by atoms with Gasteiger partial charge in [0, 0.05) is 20.9 Å². The molecule has 5 saturated carbocycles. The van der Waals surface area contributed by atoms with Crippen LogP contribution in [0.15, 0.2) is 0 Å². The average Bonchev–Trinajstić information content (AvgIpc) is 3.39. The third-order valence-electron chi connectivity index (χ3n) is 13.5. The van der Waals surface area contributed by atoms with Gasteiger partial charge in [-0.05, 0) is 122 Å². The van der Waals surface area contributed by atoms with Gasteiger partial charge >= 0.3 is 0 Å². The summed E-state index contributed by atoms with van der Waals surface area (Å²) in [6.07, 6.45) is 16.5. The lowest BCUT2D eigenvalue weighted by Gasteiger charge is -2.59. The van der Waals surface area contributed by atoms with Gasteiger partial charge in [-0.2, -0.15) is 0 Å². The minimum atomic E-state index is -0.113. The van der Waals surface area contributed by atoms with E-state index in [0.717, 1.165) is 68.9 Å². The first kappa shape index (κ1) is 22.6. The molecule has 0 radical (unpaired) electrons. The molecule has 7 fully saturated rings. The predicted molar refractivity (Wildman–Crippen MR) is 134 cm³/mol. The van der Waals surface area contributed by atoms with Crippen LogP contribution in [0.1, 0.15) is 106 Å². The van der Waals surface area contributed by atoms with Gasteiger partial charge in [-0.1, -0.05) is 20.8 Å². The molecule has 2 spiro atoms. The monoisotopic (exact) mass is 471 g/mol. The van der Waals surface area contributed by atoms with Gasteiger partial charge in [-0.25, -0.2) is 0 Å². The van der Waals surface area contributed by atoms with Gasteiger partial charge in [0.25, 0.3) is 0 Å². The lowest BCUT2D eigenvalue weighted by atomic mass is 9.46. The molecule has 2 saturated heterocycles. The van der Waals surface area contributed by atoms with E-state index < -0.39 is 0 Å². The van der Waals surface area contributed by atoms with Gasteiger partial charge in [0.1, 0.15) is 0 Å². The van der Waals surface area contributed by atoms with Crippen LogP contribution in [0.2, 0.25) is 0 Å². The number of carbonyl (C=O) groups excluding carboxylic acids is 1. The molecular formula is C30H49NO3. The molecule has 7 rings (SSSR count). The van der Waals surface area contributed by atoms with Crippen LogP contribution in [0.4, 0.5) is 0 Å². The summed E-state index contributed by atoms with van der Waals surface area (Å²) in [7, 11) is 0. The quantitative estimate of drug-likeness (QED) is 0.553. The molecule has 192 valence electrons. The highest BCUT2D eigenvalue weighted by molar-refractivity contribution is 5.76. The zero-order valence-corrected chi connectivity index (χ0v) is 21.9. The number of piperidine rings is 1. The lowest BCUT2D eigenvalue weighted by molar-refractivity contribution is -0.142. The Kier molecular flexibility index (Phi) is 4.81. The maximum Gasteiger partial charge on any atom is 0.222 e. The van der Waals surface area contributed by atoms with Crippen LogP contribution < -0.4 is 0 Å². The number of aliphatic hydroxyl groups excluding tert-OH is 1. The smallest absolute Gasteiger partial charge is 0.222 e. The third-order valence-corrected chi connectivity index (χ3v) is 13.5. The molecule has 7 unspecified atom stereocenters. The summed E-state index contributed by atoms with van der Waals surface area (Å²) in [5.41, 5.74) is 1.64. The van der Waals surface area contributed by atoms with Gasteiger partial charge < -0.3 is 14.7 Å². The SMILES string of the molecule is CC1(C)C2CCC3C4CC5OC(CN6CCCCC6=O)CCC5[C@@]4(C)CC[C@]34CC24CC[C@@H]1O.[HH]. The highest BCUT2D eigenvalue weighted by Gasteiger charge is 2.80. The Labute approximate surface area is 208 Å². The first-order chi connectivity index (χ1) is 16.2. The molecule has 2 aliphatic heterocycles. The number of rotatable bonds is 2. The van der Waals surface area contributed by atoms with Crippen LogP contribution in [-0.4, -0.2) is 47.3 Å². The molecule has 1 N–H and O–H groups in total. The van der Waals surface area contributed by atoms with Crippen molar-refractivity contribution in [3.05, 3.63) is 0 Å². The molecule has 0 aromatic rings. The molecule has 5 aliphatic carbocycles. The Bertz CT molecular complexity index is 878. The van der Waals surface area contributed by atoms with Crippen LogP contribution in [0, 0.1) is 45.3 Å². The van der Waals surface area contributed by atoms with E-state index in [1.807, 2.05) is 0 Å². The van der Waals surface area contributed by atoms with Gasteiger partial charge in [-0.15, -0.1) is 0 Å². The van der Waals surface area contributed by atoms with Crippen molar-refractivity contribution >= 4 is 5.91 Å². The number of carbonyl (C=O) groups is 1. The fourth-order valence-corrected chi connectivity index (χ4v) is 11.7. The van der Waals surface area contributed by atoms with E-state index >= 15 is 0 Å². The molecule has 0 bridgehead atoms. The summed E-state index contributed by atoms with van der Waals surface area (Å²) in [5.74, 6) is 3.49. The average molecular weight is 472 g/mol. The molecule has 0 aromatic heterocycles. The van der Waals surface area contributed by atoms with Gasteiger partial charge in [0.15, 0.2) is 0 Å². The Morgan fingerprint density at radius 1 is 0.971 bits per heavy atom. The molecule has 0 aromatic carbocycles. The van der Waals surface area contributed by atoms with Crippen LogP contribution in [0.5, 0.6) is 0 Å². The Morgan fingerprint density at radius 3 is 2.62 bits per heavy atom. The second-order valence-corrected chi connectivity index (χ2v) is 14.7. The van der Waals surface area contributed by atoms with Crippen molar-refractivity contribution in [3.63, 3.8) is 0 Å². The van der Waals surface area contributed by atoms with E-state index in [0.29, 0.717) is 28.3 Å². The van der Waals surface area contributed by atoms with Crippen molar-refractivity contribution in [1.82, 2.24) is 4.90 Å². The van der Waals surface area contributed by atoms with Gasteiger partial charge in [0.2, 0.25) is 5.91 Å². The number of likely N-dealkylation sites (tertiary alicyclic amines) is 1. The van der Waals surface area contributed by atoms with E-state index in [9.17, 15) is 9.90 Å². The van der Waals surface area contributed by atoms with E-state index in [1.54, 1.807) is 0 Å². The third kappa shape index (κ3) is 2.77. The zero-order valence-electron chi connectivity index (χ0n) is 21.9. The van der Waals surface area contributed by atoms with E-state index in [2.05, 4.69) is 25.7 Å². The number of amides is 1. The first-order valence-electron chi connectivity index (χ1n) is 14.8. The summed E-state index contributed by atoms with van der Waals surface area (Å²) >= 11 is 0. The highest BCUT2D eigenvalue weighted by atomic mass is 16.5. The molecule has 7 aliphatic rings. The van der Waals surface area contributed by atoms with Crippen LogP contribution in [0.25, 0.3) is 0 Å². The number of nitrogens with zero attached hydrogens (tertiary/aromatic N) is 1. The van der Waals surface area contributed by atoms with Crippen LogP contribution >= 0.6 is 0 Å². The number of hydrogen-bond acceptors (Lipinski definition) is 3. The summed E-state index contributed by atoms with van der Waals surface area (Å²) in [5, 5.41) is 10.9. The first-order valence-corrected chi connectivity index (χ1v) is 14.8. The highest BCUT2D eigenvalue weighted by Crippen LogP contribution is 2.87. The molecule has 2 heterocycles. The van der Waals surface area contributed by atoms with Crippen LogP contribution in [-0.2, 0) is 9.53 Å². The minimum absolute atomic E-state index is 0. The summed E-state index contributed by atoms with van der Waals surface area (Å²) in [6, 6.07) is 0. The van der Waals surface area contributed by atoms with Crippen molar-refractivity contribution < 1.29 is 16.1 Å². The van der Waals surface area contributed by atoms with E-state index in [-0.39, 0.29) is 19.0 Å². The summed E-state index contributed by atoms with van der Waals surface area (Å²) < 4.78 is 6.87. The maximum absolute atomic E-state index is 12.4. The zero-order chi connectivity index (χ0) is 23.5. The molecule has 4 heteroatoms. The van der Waals surface area contributed by atoms with E-state index in [1.165, 1.54) is 51.4 Å². The number of fused-ring (bicyclic) bond motifs is 4. The largest absolute Gasteiger partial charge is 0.393 e. The van der Waals surface area contributed by atoms with Crippen LogP contribution in [0.3, 0.4) is 0 Å². The number of aliphatic hydroxyl groups is 1. The van der Waals surface area contributed by atoms with Crippen molar-refractivity contribution in [1.29, 1.82) is 0 Å². The number of ether oxygens (including phenoxy) is 1. The predicted octanol–water partition coefficient (Wildman–Crippen LogP) is 5.81. The topological polar surface area (TPSA) is 49.8 Å². The standard InChI is InChI=1S/C30H47NO3.H2/c1-27(2)24-10-9-20-22-16-23-21(8-7-19(34-23)17-31-15-5-4-6-26(31)33)28(22,3)13-14-29(20)18-30(24,29)12-11-25(27)32;/h19-25,32H,4-18H2,1-3H3;1H/t19?,20?,21?,22?,23?,24?,25-,28+,29-,30?;/m0./s1. The number of hydrogen-bond donors (Lipinski definition) is 1. The molecule has 4 nitrogen and oxygen atoms in total. The van der Waals surface area contributed by atoms with Crippen molar-refractivity contribution in [2.45, 2.75) is 123 Å². The normalized spacial score (nSPS) is 55.5. The second kappa shape index (κ2) is 7.24. The molecule has 10 atom stereocenters. The van der Waals surface area contributed by atoms with Gasteiger partial charge in [-0.3, -0.25) is 4.79 Å². The second-order valence-electron chi connectivity index (χ2n) is 14.7. The lowest BCUT2D eigenvalue weighted by Crippen LogP contribution is -2.54.